The number of rotatable bonds is 3. The first kappa shape index (κ1) is 16.2. The Balaban J connectivity index is 1.43. The summed E-state index contributed by atoms with van der Waals surface area (Å²) in [4.78, 5) is 12.7. The summed E-state index contributed by atoms with van der Waals surface area (Å²) >= 11 is 0. The van der Waals surface area contributed by atoms with Gasteiger partial charge in [0, 0.05) is 12.0 Å². The Kier molecular flexibility index (Phi) is 4.45. The second kappa shape index (κ2) is 6.89. The van der Waals surface area contributed by atoms with Crippen LogP contribution in [0.1, 0.15) is 48.1 Å². The summed E-state index contributed by atoms with van der Waals surface area (Å²) in [6, 6.07) is 16.2. The summed E-state index contributed by atoms with van der Waals surface area (Å²) in [7, 11) is 0. The SMILES string of the molecule is Cc1cccc2c1OCC[C@@H]2NC(=O)[C@H]1CC[C@@H](c2ccccc2)O1. The standard InChI is InChI=1S/C21H23NO3/c1-14-6-5-9-16-17(12-13-24-20(14)16)22-21(23)19-11-10-18(25-19)15-7-3-2-4-8-15/h2-9,17-19H,10-13H2,1H3,(H,22,23)/t17-,18-,19+/m0/s1. The zero-order chi connectivity index (χ0) is 17.2. The van der Waals surface area contributed by atoms with E-state index in [2.05, 4.69) is 17.4 Å². The molecule has 130 valence electrons. The molecule has 0 aromatic heterocycles. The molecule has 1 amide bonds. The van der Waals surface area contributed by atoms with Gasteiger partial charge in [0.25, 0.3) is 0 Å². The number of amides is 1. The lowest BCUT2D eigenvalue weighted by molar-refractivity contribution is -0.133. The van der Waals surface area contributed by atoms with E-state index >= 15 is 0 Å². The van der Waals surface area contributed by atoms with Gasteiger partial charge in [0.15, 0.2) is 0 Å². The van der Waals surface area contributed by atoms with Crippen molar-refractivity contribution in [3.63, 3.8) is 0 Å². The van der Waals surface area contributed by atoms with Gasteiger partial charge in [-0.15, -0.1) is 0 Å². The lowest BCUT2D eigenvalue weighted by Crippen LogP contribution is -2.38. The molecule has 1 saturated heterocycles. The molecule has 4 nitrogen and oxygen atoms in total. The Morgan fingerprint density at radius 3 is 2.72 bits per heavy atom. The van der Waals surface area contributed by atoms with Crippen LogP contribution in [0.2, 0.25) is 0 Å². The monoisotopic (exact) mass is 337 g/mol. The van der Waals surface area contributed by atoms with E-state index in [-0.39, 0.29) is 24.2 Å². The molecule has 0 bridgehead atoms. The van der Waals surface area contributed by atoms with E-state index in [9.17, 15) is 4.79 Å². The van der Waals surface area contributed by atoms with Crippen LogP contribution in [0.25, 0.3) is 0 Å². The quantitative estimate of drug-likeness (QED) is 0.925. The fourth-order valence-corrected chi connectivity index (χ4v) is 3.74. The first-order chi connectivity index (χ1) is 12.2. The maximum atomic E-state index is 12.7. The number of hydrogen-bond acceptors (Lipinski definition) is 3. The van der Waals surface area contributed by atoms with Crippen molar-refractivity contribution in [3.8, 4) is 5.75 Å². The van der Waals surface area contributed by atoms with Gasteiger partial charge in [0.05, 0.1) is 18.8 Å². The molecule has 4 heteroatoms. The Hall–Kier alpha value is -2.33. The van der Waals surface area contributed by atoms with Crippen molar-refractivity contribution < 1.29 is 14.3 Å². The van der Waals surface area contributed by atoms with E-state index in [1.54, 1.807) is 0 Å². The van der Waals surface area contributed by atoms with Crippen LogP contribution in [-0.2, 0) is 9.53 Å². The Morgan fingerprint density at radius 2 is 1.88 bits per heavy atom. The van der Waals surface area contributed by atoms with Gasteiger partial charge in [-0.25, -0.2) is 0 Å². The molecule has 2 aliphatic rings. The Morgan fingerprint density at radius 1 is 1.04 bits per heavy atom. The van der Waals surface area contributed by atoms with Crippen LogP contribution >= 0.6 is 0 Å². The second-order valence-corrected chi connectivity index (χ2v) is 6.79. The number of ether oxygens (including phenoxy) is 2. The number of benzene rings is 2. The third-order valence-corrected chi connectivity index (χ3v) is 5.07. The predicted octanol–water partition coefficient (Wildman–Crippen LogP) is 3.86. The number of carbonyl (C=O) groups is 1. The molecule has 2 aromatic carbocycles. The van der Waals surface area contributed by atoms with E-state index in [1.807, 2.05) is 43.3 Å². The van der Waals surface area contributed by atoms with Gasteiger partial charge < -0.3 is 14.8 Å². The average Bonchev–Trinajstić information content (AvgIpc) is 3.14. The van der Waals surface area contributed by atoms with Crippen molar-refractivity contribution >= 4 is 5.91 Å². The topological polar surface area (TPSA) is 47.6 Å². The van der Waals surface area contributed by atoms with Crippen LogP contribution in [0.15, 0.2) is 48.5 Å². The summed E-state index contributed by atoms with van der Waals surface area (Å²) in [5.74, 6) is 0.895. The molecule has 0 unspecified atom stereocenters. The first-order valence-corrected chi connectivity index (χ1v) is 8.95. The van der Waals surface area contributed by atoms with Crippen LogP contribution in [0.5, 0.6) is 5.75 Å². The van der Waals surface area contributed by atoms with E-state index in [0.717, 1.165) is 41.7 Å². The molecule has 2 heterocycles. The molecule has 25 heavy (non-hydrogen) atoms. The number of fused-ring (bicyclic) bond motifs is 1. The van der Waals surface area contributed by atoms with Crippen molar-refractivity contribution in [3.05, 3.63) is 65.2 Å². The summed E-state index contributed by atoms with van der Waals surface area (Å²) in [6.07, 6.45) is 2.07. The lowest BCUT2D eigenvalue weighted by Gasteiger charge is -2.28. The van der Waals surface area contributed by atoms with Crippen LogP contribution in [-0.4, -0.2) is 18.6 Å². The molecule has 3 atom stereocenters. The molecular formula is C21H23NO3. The van der Waals surface area contributed by atoms with Crippen molar-refractivity contribution in [1.29, 1.82) is 0 Å². The highest BCUT2D eigenvalue weighted by molar-refractivity contribution is 5.81. The molecule has 2 aromatic rings. The first-order valence-electron chi connectivity index (χ1n) is 8.95. The molecule has 1 N–H and O–H groups in total. The molecule has 1 fully saturated rings. The van der Waals surface area contributed by atoms with Crippen molar-refractivity contribution in [2.45, 2.75) is 44.4 Å². The number of aryl methyl sites for hydroxylation is 1. The van der Waals surface area contributed by atoms with E-state index in [1.165, 1.54) is 0 Å². The number of carbonyl (C=O) groups excluding carboxylic acids is 1. The molecule has 0 saturated carbocycles. The van der Waals surface area contributed by atoms with Gasteiger partial charge in [0.1, 0.15) is 11.9 Å². The normalized spacial score (nSPS) is 25.1. The molecule has 0 spiro atoms. The summed E-state index contributed by atoms with van der Waals surface area (Å²) < 4.78 is 11.8. The van der Waals surface area contributed by atoms with Crippen LogP contribution < -0.4 is 10.1 Å². The third-order valence-electron chi connectivity index (χ3n) is 5.07. The van der Waals surface area contributed by atoms with Crippen LogP contribution in [0.3, 0.4) is 0 Å². The maximum absolute atomic E-state index is 12.7. The molecule has 4 rings (SSSR count). The number of nitrogens with one attached hydrogen (secondary N) is 1. The van der Waals surface area contributed by atoms with Crippen molar-refractivity contribution in [1.82, 2.24) is 5.32 Å². The number of para-hydroxylation sites is 1. The zero-order valence-corrected chi connectivity index (χ0v) is 14.4. The number of hydrogen-bond donors (Lipinski definition) is 1. The highest BCUT2D eigenvalue weighted by Gasteiger charge is 2.33. The predicted molar refractivity (Wildman–Crippen MR) is 95.5 cm³/mol. The average molecular weight is 337 g/mol. The molecule has 0 aliphatic carbocycles. The maximum Gasteiger partial charge on any atom is 0.249 e. The molecule has 0 radical (unpaired) electrons. The van der Waals surface area contributed by atoms with E-state index < -0.39 is 0 Å². The van der Waals surface area contributed by atoms with E-state index in [4.69, 9.17) is 9.47 Å². The van der Waals surface area contributed by atoms with Gasteiger partial charge in [-0.1, -0.05) is 48.5 Å². The van der Waals surface area contributed by atoms with E-state index in [0.29, 0.717) is 6.61 Å². The van der Waals surface area contributed by atoms with Gasteiger partial charge in [-0.05, 0) is 30.9 Å². The fourth-order valence-electron chi connectivity index (χ4n) is 3.74. The minimum absolute atomic E-state index is 0.00414. The zero-order valence-electron chi connectivity index (χ0n) is 14.4. The highest BCUT2D eigenvalue weighted by atomic mass is 16.5. The van der Waals surface area contributed by atoms with Crippen molar-refractivity contribution in [2.24, 2.45) is 0 Å². The smallest absolute Gasteiger partial charge is 0.249 e. The van der Waals surface area contributed by atoms with Crippen LogP contribution in [0.4, 0.5) is 0 Å². The lowest BCUT2D eigenvalue weighted by atomic mass is 9.97. The molecular weight excluding hydrogens is 314 g/mol. The fraction of sp³-hybridized carbons (Fsp3) is 0.381. The van der Waals surface area contributed by atoms with Gasteiger partial charge in [-0.3, -0.25) is 4.79 Å². The van der Waals surface area contributed by atoms with Gasteiger partial charge >= 0.3 is 0 Å². The summed E-state index contributed by atoms with van der Waals surface area (Å²) in [5, 5.41) is 3.17. The highest BCUT2D eigenvalue weighted by Crippen LogP contribution is 2.36. The Labute approximate surface area is 148 Å². The van der Waals surface area contributed by atoms with Gasteiger partial charge in [-0.2, -0.15) is 0 Å². The minimum Gasteiger partial charge on any atom is -0.493 e. The third kappa shape index (κ3) is 3.27. The summed E-state index contributed by atoms with van der Waals surface area (Å²) in [5.41, 5.74) is 3.32. The summed E-state index contributed by atoms with van der Waals surface area (Å²) in [6.45, 7) is 2.66. The molecule has 2 aliphatic heterocycles. The van der Waals surface area contributed by atoms with Gasteiger partial charge in [0.2, 0.25) is 5.91 Å². The Bertz CT molecular complexity index is 759. The second-order valence-electron chi connectivity index (χ2n) is 6.79. The van der Waals surface area contributed by atoms with Crippen molar-refractivity contribution in [2.75, 3.05) is 6.61 Å². The largest absolute Gasteiger partial charge is 0.493 e. The van der Waals surface area contributed by atoms with Crippen LogP contribution in [0, 0.1) is 6.92 Å². The minimum atomic E-state index is -0.374.